The average Bonchev–Trinajstić information content (AvgIpc) is 3.12. The molecule has 1 aliphatic carbocycles. The first kappa shape index (κ1) is 12.2. The number of nitrogens with zero attached hydrogens (tertiary/aromatic N) is 2. The minimum atomic E-state index is -0.0362. The Morgan fingerprint density at radius 1 is 1.26 bits per heavy atom. The molecule has 2 aromatic rings. The van der Waals surface area contributed by atoms with Crippen molar-refractivity contribution in [1.82, 2.24) is 10.1 Å². The van der Waals surface area contributed by atoms with E-state index in [1.807, 2.05) is 30.3 Å². The van der Waals surface area contributed by atoms with Crippen molar-refractivity contribution in [1.29, 1.82) is 0 Å². The second-order valence-corrected chi connectivity index (χ2v) is 4.91. The van der Waals surface area contributed by atoms with Crippen molar-refractivity contribution in [3.8, 4) is 5.75 Å². The Morgan fingerprint density at radius 3 is 2.74 bits per heavy atom. The van der Waals surface area contributed by atoms with Gasteiger partial charge in [-0.25, -0.2) is 0 Å². The van der Waals surface area contributed by atoms with Gasteiger partial charge in [-0.05, 0) is 25.0 Å². The molecule has 2 N–H and O–H groups in total. The molecule has 0 unspecified atom stereocenters. The van der Waals surface area contributed by atoms with Crippen LogP contribution < -0.4 is 10.5 Å². The predicted octanol–water partition coefficient (Wildman–Crippen LogP) is 1.68. The molecule has 0 aliphatic heterocycles. The van der Waals surface area contributed by atoms with Crippen LogP contribution in [0, 0.1) is 0 Å². The zero-order valence-corrected chi connectivity index (χ0v) is 10.7. The molecule has 0 radical (unpaired) electrons. The van der Waals surface area contributed by atoms with Crippen molar-refractivity contribution in [2.45, 2.75) is 24.7 Å². The van der Waals surface area contributed by atoms with E-state index < -0.39 is 0 Å². The van der Waals surface area contributed by atoms with E-state index >= 15 is 0 Å². The summed E-state index contributed by atoms with van der Waals surface area (Å²) in [5.74, 6) is 2.22. The van der Waals surface area contributed by atoms with Gasteiger partial charge in [-0.2, -0.15) is 4.98 Å². The minimum Gasteiger partial charge on any atom is -0.493 e. The van der Waals surface area contributed by atoms with E-state index in [1.165, 1.54) is 0 Å². The fraction of sp³-hybridized carbons (Fsp3) is 0.429. The monoisotopic (exact) mass is 259 g/mol. The Bertz CT molecular complexity index is 535. The van der Waals surface area contributed by atoms with Crippen LogP contribution in [-0.2, 0) is 11.8 Å². The van der Waals surface area contributed by atoms with Gasteiger partial charge < -0.3 is 15.0 Å². The van der Waals surface area contributed by atoms with Crippen LogP contribution in [0.4, 0.5) is 0 Å². The van der Waals surface area contributed by atoms with Crippen molar-refractivity contribution in [3.63, 3.8) is 0 Å². The Balaban J connectivity index is 1.54. The number of benzene rings is 1. The molecule has 1 aromatic carbocycles. The number of ether oxygens (including phenoxy) is 1. The van der Waals surface area contributed by atoms with Gasteiger partial charge in [0.2, 0.25) is 5.89 Å². The van der Waals surface area contributed by atoms with E-state index in [2.05, 4.69) is 10.1 Å². The summed E-state index contributed by atoms with van der Waals surface area (Å²) in [4.78, 5) is 4.41. The van der Waals surface area contributed by atoms with Crippen molar-refractivity contribution in [3.05, 3.63) is 42.0 Å². The normalized spacial score (nSPS) is 16.3. The highest BCUT2D eigenvalue weighted by Gasteiger charge is 2.48. The lowest BCUT2D eigenvalue weighted by atomic mass is 10.1. The van der Waals surface area contributed by atoms with Gasteiger partial charge in [-0.15, -0.1) is 0 Å². The first-order valence-corrected chi connectivity index (χ1v) is 6.53. The molecule has 100 valence electrons. The molecule has 1 aromatic heterocycles. The molecule has 0 atom stereocenters. The lowest BCUT2D eigenvalue weighted by Crippen LogP contribution is -2.20. The lowest BCUT2D eigenvalue weighted by molar-refractivity contribution is 0.311. The summed E-state index contributed by atoms with van der Waals surface area (Å²) < 4.78 is 10.9. The predicted molar refractivity (Wildman–Crippen MR) is 69.9 cm³/mol. The van der Waals surface area contributed by atoms with Crippen molar-refractivity contribution >= 4 is 0 Å². The fourth-order valence-electron chi connectivity index (χ4n) is 2.00. The van der Waals surface area contributed by atoms with Crippen LogP contribution in [0.3, 0.4) is 0 Å². The Labute approximate surface area is 111 Å². The minimum absolute atomic E-state index is 0.0362. The van der Waals surface area contributed by atoms with Crippen molar-refractivity contribution < 1.29 is 9.26 Å². The molecule has 1 fully saturated rings. The average molecular weight is 259 g/mol. The highest BCUT2D eigenvalue weighted by molar-refractivity contribution is 5.21. The van der Waals surface area contributed by atoms with Gasteiger partial charge in [0.05, 0.1) is 12.0 Å². The molecular weight excluding hydrogens is 242 g/mol. The van der Waals surface area contributed by atoms with Gasteiger partial charge in [0.25, 0.3) is 0 Å². The SMILES string of the molecule is NCC1(c2nc(CCOc3ccccc3)no2)CC1. The third-order valence-corrected chi connectivity index (χ3v) is 3.50. The smallest absolute Gasteiger partial charge is 0.234 e. The second kappa shape index (κ2) is 5.01. The number of rotatable bonds is 6. The Kier molecular flexibility index (Phi) is 3.21. The summed E-state index contributed by atoms with van der Waals surface area (Å²) in [5, 5.41) is 3.98. The maximum atomic E-state index is 5.73. The molecule has 0 saturated heterocycles. The largest absolute Gasteiger partial charge is 0.493 e. The van der Waals surface area contributed by atoms with Gasteiger partial charge in [0.15, 0.2) is 5.82 Å². The number of hydrogen-bond acceptors (Lipinski definition) is 5. The molecule has 5 heteroatoms. The summed E-state index contributed by atoms with van der Waals surface area (Å²) >= 11 is 0. The van der Waals surface area contributed by atoms with Gasteiger partial charge in [0.1, 0.15) is 5.75 Å². The molecule has 3 rings (SSSR count). The summed E-state index contributed by atoms with van der Waals surface area (Å²) in [6.07, 6.45) is 2.73. The standard InChI is InChI=1S/C14H17N3O2/c15-10-14(7-8-14)13-16-12(17-19-13)6-9-18-11-4-2-1-3-5-11/h1-5H,6-10,15H2. The number of hydrogen-bond donors (Lipinski definition) is 1. The van der Waals surface area contributed by atoms with E-state index in [9.17, 15) is 0 Å². The van der Waals surface area contributed by atoms with E-state index in [1.54, 1.807) is 0 Å². The molecule has 1 heterocycles. The molecule has 1 saturated carbocycles. The molecule has 0 bridgehead atoms. The van der Waals surface area contributed by atoms with Crippen LogP contribution in [0.2, 0.25) is 0 Å². The van der Waals surface area contributed by atoms with Crippen LogP contribution in [0.15, 0.2) is 34.9 Å². The topological polar surface area (TPSA) is 74.2 Å². The lowest BCUT2D eigenvalue weighted by Gasteiger charge is -2.04. The summed E-state index contributed by atoms with van der Waals surface area (Å²) in [6.45, 7) is 1.12. The van der Waals surface area contributed by atoms with Gasteiger partial charge in [-0.1, -0.05) is 23.4 Å². The summed E-state index contributed by atoms with van der Waals surface area (Å²) in [6, 6.07) is 9.70. The summed E-state index contributed by atoms with van der Waals surface area (Å²) in [5.41, 5.74) is 5.70. The quantitative estimate of drug-likeness (QED) is 0.854. The van der Waals surface area contributed by atoms with Crippen molar-refractivity contribution in [2.75, 3.05) is 13.2 Å². The highest BCUT2D eigenvalue weighted by atomic mass is 16.5. The summed E-state index contributed by atoms with van der Waals surface area (Å²) in [7, 11) is 0. The molecule has 0 amide bonds. The zero-order valence-electron chi connectivity index (χ0n) is 10.7. The van der Waals surface area contributed by atoms with E-state index in [-0.39, 0.29) is 5.41 Å². The van der Waals surface area contributed by atoms with Crippen LogP contribution in [-0.4, -0.2) is 23.3 Å². The third kappa shape index (κ3) is 2.61. The number of nitrogens with two attached hydrogens (primary N) is 1. The van der Waals surface area contributed by atoms with E-state index in [0.29, 0.717) is 31.3 Å². The first-order valence-electron chi connectivity index (χ1n) is 6.53. The highest BCUT2D eigenvalue weighted by Crippen LogP contribution is 2.46. The maximum Gasteiger partial charge on any atom is 0.234 e. The molecular formula is C14H17N3O2. The first-order chi connectivity index (χ1) is 9.32. The van der Waals surface area contributed by atoms with Gasteiger partial charge >= 0.3 is 0 Å². The third-order valence-electron chi connectivity index (χ3n) is 3.50. The second-order valence-electron chi connectivity index (χ2n) is 4.91. The number of para-hydroxylation sites is 1. The van der Waals surface area contributed by atoms with Crippen LogP contribution in [0.5, 0.6) is 5.75 Å². The Morgan fingerprint density at radius 2 is 2.05 bits per heavy atom. The molecule has 5 nitrogen and oxygen atoms in total. The van der Waals surface area contributed by atoms with Crippen LogP contribution in [0.25, 0.3) is 0 Å². The molecule has 19 heavy (non-hydrogen) atoms. The fourth-order valence-corrected chi connectivity index (χ4v) is 2.00. The number of aromatic nitrogens is 2. The molecule has 1 aliphatic rings. The van der Waals surface area contributed by atoms with Crippen LogP contribution >= 0.6 is 0 Å². The van der Waals surface area contributed by atoms with Gasteiger partial charge in [-0.3, -0.25) is 0 Å². The van der Waals surface area contributed by atoms with Crippen molar-refractivity contribution in [2.24, 2.45) is 5.73 Å². The van der Waals surface area contributed by atoms with E-state index in [0.717, 1.165) is 18.6 Å². The maximum absolute atomic E-state index is 5.73. The zero-order chi connectivity index (χ0) is 13.1. The Hall–Kier alpha value is -1.88. The van der Waals surface area contributed by atoms with E-state index in [4.69, 9.17) is 15.0 Å². The molecule has 0 spiro atoms. The van der Waals surface area contributed by atoms with Crippen LogP contribution in [0.1, 0.15) is 24.6 Å². The van der Waals surface area contributed by atoms with Gasteiger partial charge in [0, 0.05) is 13.0 Å².